The molecular weight excluding hydrogens is 216 g/mol. The minimum absolute atomic E-state index is 0.0463. The predicted molar refractivity (Wildman–Crippen MR) is 66.8 cm³/mol. The van der Waals surface area contributed by atoms with Crippen molar-refractivity contribution in [3.05, 3.63) is 0 Å². The Morgan fingerprint density at radius 2 is 2.00 bits per heavy atom. The van der Waals surface area contributed by atoms with Gasteiger partial charge in [-0.25, -0.2) is 0 Å². The third-order valence-electron chi connectivity index (χ3n) is 3.78. The van der Waals surface area contributed by atoms with Crippen molar-refractivity contribution in [2.75, 3.05) is 13.1 Å². The third kappa shape index (κ3) is 3.42. The Labute approximate surface area is 103 Å². The Kier molecular flexibility index (Phi) is 4.05. The number of hydrogen-bond donors (Lipinski definition) is 2. The zero-order chi connectivity index (χ0) is 12.3. The van der Waals surface area contributed by atoms with Gasteiger partial charge in [0, 0.05) is 19.1 Å². The lowest BCUT2D eigenvalue weighted by atomic mass is 9.95. The van der Waals surface area contributed by atoms with E-state index < -0.39 is 0 Å². The Morgan fingerprint density at radius 1 is 1.35 bits per heavy atom. The molecule has 1 atom stereocenters. The summed E-state index contributed by atoms with van der Waals surface area (Å²) in [4.78, 5) is 12.0. The van der Waals surface area contributed by atoms with Crippen LogP contribution in [0.5, 0.6) is 0 Å². The van der Waals surface area contributed by atoms with Gasteiger partial charge in [0.15, 0.2) is 0 Å². The number of ether oxygens (including phenoxy) is 1. The van der Waals surface area contributed by atoms with Gasteiger partial charge in [0.25, 0.3) is 0 Å². The van der Waals surface area contributed by atoms with Crippen LogP contribution >= 0.6 is 0 Å². The molecule has 0 spiro atoms. The molecule has 4 heteroatoms. The second-order valence-corrected chi connectivity index (χ2v) is 5.66. The highest BCUT2D eigenvalue weighted by Gasteiger charge is 2.36. The Balaban J connectivity index is 1.74. The molecular formula is C13H24N2O2. The molecule has 1 aliphatic heterocycles. The molecule has 98 valence electrons. The maximum absolute atomic E-state index is 12.0. The summed E-state index contributed by atoms with van der Waals surface area (Å²) in [5.41, 5.74) is -0.149. The first kappa shape index (κ1) is 12.8. The number of nitrogens with one attached hydrogen (secondary N) is 2. The van der Waals surface area contributed by atoms with Crippen molar-refractivity contribution in [1.82, 2.24) is 10.6 Å². The zero-order valence-corrected chi connectivity index (χ0v) is 10.9. The summed E-state index contributed by atoms with van der Waals surface area (Å²) in [6, 6.07) is 0.370. The monoisotopic (exact) mass is 240 g/mol. The number of rotatable bonds is 4. The van der Waals surface area contributed by atoms with Crippen molar-refractivity contribution in [3.8, 4) is 0 Å². The van der Waals surface area contributed by atoms with E-state index in [9.17, 15) is 4.79 Å². The van der Waals surface area contributed by atoms with Gasteiger partial charge < -0.3 is 15.4 Å². The highest BCUT2D eigenvalue weighted by Crippen LogP contribution is 2.20. The van der Waals surface area contributed by atoms with Crippen molar-refractivity contribution < 1.29 is 9.53 Å². The summed E-state index contributed by atoms with van der Waals surface area (Å²) in [6.45, 7) is 5.58. The molecule has 2 rings (SSSR count). The number of carbonyl (C=O) groups is 1. The standard InChI is InChI=1S/C13H24N2O2/c1-10(17-13(2)8-14-9-13)12(16)15-11-6-4-3-5-7-11/h10-11,14H,3-9H2,1-2H3,(H,15,16). The molecule has 2 fully saturated rings. The molecule has 1 amide bonds. The molecule has 2 aliphatic rings. The van der Waals surface area contributed by atoms with Gasteiger partial charge in [-0.1, -0.05) is 19.3 Å². The molecule has 1 heterocycles. The highest BCUT2D eigenvalue weighted by molar-refractivity contribution is 5.80. The van der Waals surface area contributed by atoms with Gasteiger partial charge in [-0.15, -0.1) is 0 Å². The molecule has 0 bridgehead atoms. The number of carbonyl (C=O) groups excluding carboxylic acids is 1. The molecule has 1 aliphatic carbocycles. The summed E-state index contributed by atoms with van der Waals surface area (Å²) < 4.78 is 5.80. The Morgan fingerprint density at radius 3 is 2.53 bits per heavy atom. The van der Waals surface area contributed by atoms with E-state index in [1.807, 2.05) is 13.8 Å². The molecule has 1 saturated heterocycles. The van der Waals surface area contributed by atoms with Gasteiger partial charge in [0.2, 0.25) is 5.91 Å². The Bertz CT molecular complexity index is 271. The van der Waals surface area contributed by atoms with Gasteiger partial charge in [-0.3, -0.25) is 4.79 Å². The molecule has 1 saturated carbocycles. The van der Waals surface area contributed by atoms with Gasteiger partial charge in [-0.05, 0) is 26.7 Å². The first-order chi connectivity index (χ1) is 8.09. The second kappa shape index (κ2) is 5.36. The summed E-state index contributed by atoms with van der Waals surface area (Å²) in [6.07, 6.45) is 5.68. The molecule has 0 aromatic rings. The lowest BCUT2D eigenvalue weighted by Crippen LogP contribution is -2.61. The zero-order valence-electron chi connectivity index (χ0n) is 10.9. The minimum Gasteiger partial charge on any atom is -0.360 e. The fourth-order valence-corrected chi connectivity index (χ4v) is 2.61. The molecule has 0 aromatic carbocycles. The molecule has 17 heavy (non-hydrogen) atoms. The number of amides is 1. The lowest BCUT2D eigenvalue weighted by molar-refractivity contribution is -0.150. The van der Waals surface area contributed by atoms with E-state index in [0.717, 1.165) is 25.9 Å². The van der Waals surface area contributed by atoms with E-state index in [1.165, 1.54) is 19.3 Å². The van der Waals surface area contributed by atoms with E-state index in [-0.39, 0.29) is 17.6 Å². The van der Waals surface area contributed by atoms with Crippen LogP contribution in [0.3, 0.4) is 0 Å². The van der Waals surface area contributed by atoms with Crippen LogP contribution in [-0.4, -0.2) is 36.7 Å². The van der Waals surface area contributed by atoms with E-state index in [4.69, 9.17) is 4.74 Å². The quantitative estimate of drug-likeness (QED) is 0.776. The Hall–Kier alpha value is -0.610. The smallest absolute Gasteiger partial charge is 0.249 e. The summed E-state index contributed by atoms with van der Waals surface area (Å²) >= 11 is 0. The minimum atomic E-state index is -0.343. The van der Waals surface area contributed by atoms with Gasteiger partial charge in [-0.2, -0.15) is 0 Å². The van der Waals surface area contributed by atoms with Crippen molar-refractivity contribution in [1.29, 1.82) is 0 Å². The average Bonchev–Trinajstić information content (AvgIpc) is 2.28. The normalized spacial score (nSPS) is 26.0. The highest BCUT2D eigenvalue weighted by atomic mass is 16.5. The fourth-order valence-electron chi connectivity index (χ4n) is 2.61. The molecule has 4 nitrogen and oxygen atoms in total. The third-order valence-corrected chi connectivity index (χ3v) is 3.78. The summed E-state index contributed by atoms with van der Waals surface area (Å²) in [7, 11) is 0. The maximum atomic E-state index is 12.0. The van der Waals surface area contributed by atoms with Crippen LogP contribution in [0.2, 0.25) is 0 Å². The second-order valence-electron chi connectivity index (χ2n) is 5.66. The largest absolute Gasteiger partial charge is 0.360 e. The van der Waals surface area contributed by atoms with Gasteiger partial charge in [0.1, 0.15) is 6.10 Å². The first-order valence-electron chi connectivity index (χ1n) is 6.78. The summed E-state index contributed by atoms with van der Waals surface area (Å²) in [5.74, 6) is 0.0463. The number of hydrogen-bond acceptors (Lipinski definition) is 3. The molecule has 0 aromatic heterocycles. The first-order valence-corrected chi connectivity index (χ1v) is 6.78. The van der Waals surface area contributed by atoms with Crippen LogP contribution in [-0.2, 0) is 9.53 Å². The van der Waals surface area contributed by atoms with Crippen molar-refractivity contribution in [2.45, 2.75) is 63.7 Å². The van der Waals surface area contributed by atoms with Crippen molar-refractivity contribution in [3.63, 3.8) is 0 Å². The molecule has 0 radical (unpaired) electrons. The molecule has 1 unspecified atom stereocenters. The van der Waals surface area contributed by atoms with Gasteiger partial charge >= 0.3 is 0 Å². The van der Waals surface area contributed by atoms with E-state index in [0.29, 0.717) is 6.04 Å². The van der Waals surface area contributed by atoms with E-state index >= 15 is 0 Å². The van der Waals surface area contributed by atoms with Gasteiger partial charge in [0.05, 0.1) is 5.60 Å². The average molecular weight is 240 g/mol. The van der Waals surface area contributed by atoms with Crippen LogP contribution in [0, 0.1) is 0 Å². The van der Waals surface area contributed by atoms with Crippen molar-refractivity contribution >= 4 is 5.91 Å². The SMILES string of the molecule is CC(OC1(C)CNC1)C(=O)NC1CCCCC1. The van der Waals surface area contributed by atoms with Crippen LogP contribution in [0.25, 0.3) is 0 Å². The van der Waals surface area contributed by atoms with Crippen LogP contribution in [0.4, 0.5) is 0 Å². The van der Waals surface area contributed by atoms with E-state index in [1.54, 1.807) is 0 Å². The molecule has 2 N–H and O–H groups in total. The van der Waals surface area contributed by atoms with Crippen LogP contribution in [0.15, 0.2) is 0 Å². The van der Waals surface area contributed by atoms with Crippen LogP contribution < -0.4 is 10.6 Å². The fraction of sp³-hybridized carbons (Fsp3) is 0.923. The maximum Gasteiger partial charge on any atom is 0.249 e. The van der Waals surface area contributed by atoms with Crippen molar-refractivity contribution in [2.24, 2.45) is 0 Å². The summed E-state index contributed by atoms with van der Waals surface area (Å²) in [5, 5.41) is 6.28. The topological polar surface area (TPSA) is 50.4 Å². The van der Waals surface area contributed by atoms with E-state index in [2.05, 4.69) is 10.6 Å². The van der Waals surface area contributed by atoms with Crippen LogP contribution in [0.1, 0.15) is 46.0 Å². The lowest BCUT2D eigenvalue weighted by Gasteiger charge is -2.41. The predicted octanol–water partition coefficient (Wildman–Crippen LogP) is 1.20.